The van der Waals surface area contributed by atoms with E-state index in [1.807, 2.05) is 36.4 Å². The van der Waals surface area contributed by atoms with Gasteiger partial charge in [0.05, 0.1) is 17.7 Å². The van der Waals surface area contributed by atoms with Crippen LogP contribution in [0.5, 0.6) is 11.5 Å². The number of unbranched alkanes of at least 4 members (excludes halogenated alkanes) is 8. The molecule has 3 aromatic carbocycles. The van der Waals surface area contributed by atoms with Crippen molar-refractivity contribution in [2.24, 2.45) is 5.92 Å². The van der Waals surface area contributed by atoms with E-state index in [1.165, 1.54) is 51.4 Å². The van der Waals surface area contributed by atoms with Gasteiger partial charge in [-0.3, -0.25) is 9.69 Å². The largest absolute Gasteiger partial charge is 0.494 e. The maximum absolute atomic E-state index is 12.9. The molecule has 1 atom stereocenters. The van der Waals surface area contributed by atoms with Gasteiger partial charge in [-0.25, -0.2) is 4.79 Å². The first-order chi connectivity index (χ1) is 20.9. The van der Waals surface area contributed by atoms with Crippen LogP contribution >= 0.6 is 12.2 Å². The lowest BCUT2D eigenvalue weighted by atomic mass is 10.1. The smallest absolute Gasteiger partial charge is 0.343 e. The van der Waals surface area contributed by atoms with E-state index in [0.29, 0.717) is 39.9 Å². The van der Waals surface area contributed by atoms with Gasteiger partial charge >= 0.3 is 5.97 Å². The van der Waals surface area contributed by atoms with E-state index in [0.717, 1.165) is 36.3 Å². The standard InChI is InChI=1S/C37H45NO4S/c1-4-6-7-8-9-10-11-12-13-24-41-31-19-14-28(15-20-31)29-16-21-32(22-17-29)42-37(40)30-18-23-33-34(25-30)36(43)38(35(33)39)26-27(3)5-2/h14-23,25,27H,4-13,24,26H2,1-3H3/t27-/m0/s1. The van der Waals surface area contributed by atoms with Gasteiger partial charge in [0.2, 0.25) is 0 Å². The summed E-state index contributed by atoms with van der Waals surface area (Å²) in [5.41, 5.74) is 3.60. The Hall–Kier alpha value is -3.51. The van der Waals surface area contributed by atoms with E-state index >= 15 is 0 Å². The first-order valence-corrected chi connectivity index (χ1v) is 16.4. The van der Waals surface area contributed by atoms with E-state index < -0.39 is 5.97 Å². The summed E-state index contributed by atoms with van der Waals surface area (Å²) in [6, 6.07) is 20.5. The van der Waals surface area contributed by atoms with Crippen LogP contribution in [-0.2, 0) is 0 Å². The predicted molar refractivity (Wildman–Crippen MR) is 178 cm³/mol. The van der Waals surface area contributed by atoms with Crippen LogP contribution in [0.3, 0.4) is 0 Å². The van der Waals surface area contributed by atoms with Gasteiger partial charge in [0.15, 0.2) is 0 Å². The molecule has 0 unspecified atom stereocenters. The molecule has 0 fully saturated rings. The molecule has 0 aliphatic carbocycles. The van der Waals surface area contributed by atoms with E-state index in [2.05, 4.69) is 20.8 Å². The Morgan fingerprint density at radius 2 is 1.35 bits per heavy atom. The average Bonchev–Trinajstić information content (AvgIpc) is 3.26. The van der Waals surface area contributed by atoms with E-state index in [-0.39, 0.29) is 5.91 Å². The van der Waals surface area contributed by atoms with Crippen LogP contribution < -0.4 is 9.47 Å². The normalized spacial score (nSPS) is 13.2. The highest BCUT2D eigenvalue weighted by Gasteiger charge is 2.33. The molecule has 43 heavy (non-hydrogen) atoms. The molecule has 1 aliphatic heterocycles. The molecular formula is C37H45NO4S. The second-order valence-electron chi connectivity index (χ2n) is 11.6. The zero-order valence-corrected chi connectivity index (χ0v) is 26.7. The first kappa shape index (κ1) is 32.4. The number of amides is 1. The third kappa shape index (κ3) is 8.99. The quantitative estimate of drug-likeness (QED) is 0.0669. The Kier molecular flexibility index (Phi) is 12.3. The van der Waals surface area contributed by atoms with Crippen molar-refractivity contribution in [2.45, 2.75) is 85.0 Å². The molecule has 1 aliphatic rings. The second kappa shape index (κ2) is 16.4. The number of hydrogen-bond donors (Lipinski definition) is 0. The Morgan fingerprint density at radius 1 is 0.767 bits per heavy atom. The number of carbonyl (C=O) groups is 2. The fraction of sp³-hybridized carbons (Fsp3) is 0.432. The van der Waals surface area contributed by atoms with Crippen molar-refractivity contribution in [1.82, 2.24) is 4.90 Å². The lowest BCUT2D eigenvalue weighted by Crippen LogP contribution is -2.33. The molecule has 0 radical (unpaired) electrons. The van der Waals surface area contributed by atoms with Crippen LogP contribution in [0.15, 0.2) is 66.7 Å². The van der Waals surface area contributed by atoms with Gasteiger partial charge in [0, 0.05) is 12.1 Å². The highest BCUT2D eigenvalue weighted by Crippen LogP contribution is 2.28. The van der Waals surface area contributed by atoms with Gasteiger partial charge in [-0.1, -0.05) is 115 Å². The van der Waals surface area contributed by atoms with Crippen molar-refractivity contribution < 1.29 is 19.1 Å². The molecule has 0 aromatic heterocycles. The second-order valence-corrected chi connectivity index (χ2v) is 12.0. The SMILES string of the molecule is CCCCCCCCCCCOc1ccc(-c2ccc(OC(=O)c3ccc4c(c3)C(=S)N(C[C@@H](C)CC)C4=O)cc2)cc1. The number of carbonyl (C=O) groups excluding carboxylic acids is 2. The zero-order valence-electron chi connectivity index (χ0n) is 25.9. The Balaban J connectivity index is 1.24. The van der Waals surface area contributed by atoms with Gasteiger partial charge in [-0.2, -0.15) is 0 Å². The van der Waals surface area contributed by atoms with E-state index in [4.69, 9.17) is 21.7 Å². The van der Waals surface area contributed by atoms with Crippen molar-refractivity contribution in [1.29, 1.82) is 0 Å². The minimum Gasteiger partial charge on any atom is -0.494 e. The predicted octanol–water partition coefficient (Wildman–Crippen LogP) is 9.66. The number of benzene rings is 3. The molecule has 1 amide bonds. The summed E-state index contributed by atoms with van der Waals surface area (Å²) in [6.45, 7) is 7.76. The summed E-state index contributed by atoms with van der Waals surface area (Å²) >= 11 is 5.58. The molecule has 228 valence electrons. The average molecular weight is 600 g/mol. The highest BCUT2D eigenvalue weighted by molar-refractivity contribution is 7.80. The maximum Gasteiger partial charge on any atom is 0.343 e. The summed E-state index contributed by atoms with van der Waals surface area (Å²) in [6.07, 6.45) is 12.7. The lowest BCUT2D eigenvalue weighted by Gasteiger charge is -2.19. The van der Waals surface area contributed by atoms with Gasteiger partial charge in [0.25, 0.3) is 5.91 Å². The molecule has 5 nitrogen and oxygen atoms in total. The topological polar surface area (TPSA) is 55.8 Å². The number of fused-ring (bicyclic) bond motifs is 1. The van der Waals surface area contributed by atoms with E-state index in [1.54, 1.807) is 35.2 Å². The maximum atomic E-state index is 12.9. The third-order valence-electron chi connectivity index (χ3n) is 8.17. The van der Waals surface area contributed by atoms with Crippen LogP contribution in [0.2, 0.25) is 0 Å². The van der Waals surface area contributed by atoms with Gasteiger partial charge in [-0.15, -0.1) is 0 Å². The first-order valence-electron chi connectivity index (χ1n) is 16.0. The Bertz CT molecular complexity index is 1370. The Labute approximate surface area is 262 Å². The van der Waals surface area contributed by atoms with Crippen molar-refractivity contribution in [3.05, 3.63) is 83.4 Å². The molecule has 0 saturated carbocycles. The van der Waals surface area contributed by atoms with Crippen LogP contribution in [0, 0.1) is 5.92 Å². The van der Waals surface area contributed by atoms with Crippen molar-refractivity contribution >= 4 is 29.1 Å². The number of esters is 1. The zero-order chi connectivity index (χ0) is 30.6. The van der Waals surface area contributed by atoms with Crippen LogP contribution in [-0.4, -0.2) is 34.9 Å². The fourth-order valence-corrected chi connectivity index (χ4v) is 5.58. The highest BCUT2D eigenvalue weighted by atomic mass is 32.1. The van der Waals surface area contributed by atoms with Crippen molar-refractivity contribution in [3.8, 4) is 22.6 Å². The summed E-state index contributed by atoms with van der Waals surface area (Å²) in [7, 11) is 0. The number of rotatable bonds is 17. The molecule has 3 aromatic rings. The van der Waals surface area contributed by atoms with Crippen LogP contribution in [0.1, 0.15) is 111 Å². The molecule has 0 saturated heterocycles. The van der Waals surface area contributed by atoms with Gasteiger partial charge in [0.1, 0.15) is 16.5 Å². The summed E-state index contributed by atoms with van der Waals surface area (Å²) in [5.74, 6) is 1.08. The number of hydrogen-bond acceptors (Lipinski definition) is 5. The molecule has 0 spiro atoms. The fourth-order valence-electron chi connectivity index (χ4n) is 5.25. The number of ether oxygens (including phenoxy) is 2. The molecular weight excluding hydrogens is 554 g/mol. The molecule has 0 bridgehead atoms. The van der Waals surface area contributed by atoms with Crippen LogP contribution in [0.25, 0.3) is 11.1 Å². The van der Waals surface area contributed by atoms with E-state index in [9.17, 15) is 9.59 Å². The van der Waals surface area contributed by atoms with Crippen LogP contribution in [0.4, 0.5) is 0 Å². The summed E-state index contributed by atoms with van der Waals surface area (Å²) in [4.78, 5) is 27.9. The third-order valence-corrected chi connectivity index (χ3v) is 8.61. The molecule has 1 heterocycles. The van der Waals surface area contributed by atoms with Gasteiger partial charge in [-0.05, 0) is 65.9 Å². The summed E-state index contributed by atoms with van der Waals surface area (Å²) in [5, 5.41) is 0. The Morgan fingerprint density at radius 3 is 1.95 bits per heavy atom. The number of nitrogens with zero attached hydrogens (tertiary/aromatic N) is 1. The molecule has 4 rings (SSSR count). The van der Waals surface area contributed by atoms with Gasteiger partial charge < -0.3 is 9.47 Å². The lowest BCUT2D eigenvalue weighted by molar-refractivity contribution is 0.0733. The molecule has 6 heteroatoms. The molecule has 0 N–H and O–H groups in total. The van der Waals surface area contributed by atoms with Crippen molar-refractivity contribution in [2.75, 3.05) is 13.2 Å². The summed E-state index contributed by atoms with van der Waals surface area (Å²) < 4.78 is 11.6. The minimum atomic E-state index is -0.486. The number of thiocarbonyl (C=S) groups is 1. The monoisotopic (exact) mass is 599 g/mol. The minimum absolute atomic E-state index is 0.103. The van der Waals surface area contributed by atoms with Crippen molar-refractivity contribution in [3.63, 3.8) is 0 Å².